The summed E-state index contributed by atoms with van der Waals surface area (Å²) >= 11 is 1.78. The van der Waals surface area contributed by atoms with Gasteiger partial charge in [-0.05, 0) is 54.7 Å². The molecule has 1 aromatic rings. The molecule has 3 nitrogen and oxygen atoms in total. The molecule has 1 aromatic heterocycles. The number of rotatable bonds is 9. The van der Waals surface area contributed by atoms with Crippen LogP contribution in [0.5, 0.6) is 0 Å². The molecule has 1 N–H and O–H groups in total. The summed E-state index contributed by atoms with van der Waals surface area (Å²) < 4.78 is 5.70. The highest BCUT2D eigenvalue weighted by Gasteiger charge is 2.17. The molecule has 0 spiro atoms. The number of likely N-dealkylation sites (N-methyl/N-ethyl adjacent to an activating group) is 1. The molecule has 1 unspecified atom stereocenters. The van der Waals surface area contributed by atoms with Gasteiger partial charge in [0.25, 0.3) is 0 Å². The lowest BCUT2D eigenvalue weighted by atomic mass is 10.2. The number of nitrogens with zero attached hydrogens (tertiary/aromatic N) is 1. The minimum atomic E-state index is 0.478. The SMILES string of the molecule is CCN(CCNCCc1ccsc1)CC1CCCO1. The summed E-state index contributed by atoms with van der Waals surface area (Å²) in [7, 11) is 0. The van der Waals surface area contributed by atoms with E-state index in [4.69, 9.17) is 4.74 Å². The van der Waals surface area contributed by atoms with Gasteiger partial charge in [-0.25, -0.2) is 0 Å². The Labute approximate surface area is 121 Å². The van der Waals surface area contributed by atoms with Crippen LogP contribution < -0.4 is 5.32 Å². The Morgan fingerprint density at radius 3 is 3.11 bits per heavy atom. The van der Waals surface area contributed by atoms with E-state index in [0.29, 0.717) is 6.10 Å². The predicted molar refractivity (Wildman–Crippen MR) is 82.0 cm³/mol. The van der Waals surface area contributed by atoms with Crippen molar-refractivity contribution < 1.29 is 4.74 Å². The average Bonchev–Trinajstić information content (AvgIpc) is 3.10. The zero-order chi connectivity index (χ0) is 13.3. The van der Waals surface area contributed by atoms with Gasteiger partial charge in [0.2, 0.25) is 0 Å². The van der Waals surface area contributed by atoms with Gasteiger partial charge < -0.3 is 10.1 Å². The summed E-state index contributed by atoms with van der Waals surface area (Å²) in [5.74, 6) is 0. The first-order valence-electron chi connectivity index (χ1n) is 7.44. The van der Waals surface area contributed by atoms with Crippen molar-refractivity contribution in [2.75, 3.05) is 39.3 Å². The van der Waals surface area contributed by atoms with Crippen LogP contribution >= 0.6 is 11.3 Å². The van der Waals surface area contributed by atoms with Crippen molar-refractivity contribution in [1.82, 2.24) is 10.2 Å². The molecule has 0 amide bonds. The summed E-state index contributed by atoms with van der Waals surface area (Å²) in [4.78, 5) is 2.49. The minimum absolute atomic E-state index is 0.478. The molecule has 2 heterocycles. The maximum Gasteiger partial charge on any atom is 0.0702 e. The number of hydrogen-bond donors (Lipinski definition) is 1. The molecule has 0 bridgehead atoms. The highest BCUT2D eigenvalue weighted by atomic mass is 32.1. The van der Waals surface area contributed by atoms with Crippen LogP contribution in [0.4, 0.5) is 0 Å². The molecule has 1 aliphatic heterocycles. The smallest absolute Gasteiger partial charge is 0.0702 e. The van der Waals surface area contributed by atoms with Gasteiger partial charge in [-0.1, -0.05) is 6.92 Å². The fourth-order valence-electron chi connectivity index (χ4n) is 2.48. The van der Waals surface area contributed by atoms with Crippen molar-refractivity contribution in [1.29, 1.82) is 0 Å². The lowest BCUT2D eigenvalue weighted by molar-refractivity contribution is 0.0752. The molecule has 1 fully saturated rings. The Kier molecular flexibility index (Phi) is 6.85. The van der Waals surface area contributed by atoms with Crippen LogP contribution in [-0.4, -0.2) is 50.3 Å². The molecular weight excluding hydrogens is 256 g/mol. The first kappa shape index (κ1) is 15.0. The van der Waals surface area contributed by atoms with E-state index in [0.717, 1.165) is 45.8 Å². The van der Waals surface area contributed by atoms with E-state index in [1.807, 2.05) is 0 Å². The summed E-state index contributed by atoms with van der Waals surface area (Å²) in [6.07, 6.45) is 4.09. The molecule has 2 rings (SSSR count). The lowest BCUT2D eigenvalue weighted by Crippen LogP contribution is -2.37. The van der Waals surface area contributed by atoms with Crippen LogP contribution in [0, 0.1) is 0 Å². The second-order valence-electron chi connectivity index (χ2n) is 5.16. The zero-order valence-electron chi connectivity index (χ0n) is 11.9. The van der Waals surface area contributed by atoms with E-state index in [1.165, 1.54) is 18.4 Å². The first-order chi connectivity index (χ1) is 9.38. The fourth-order valence-corrected chi connectivity index (χ4v) is 3.19. The van der Waals surface area contributed by atoms with Crippen molar-refractivity contribution in [2.24, 2.45) is 0 Å². The van der Waals surface area contributed by atoms with E-state index in [1.54, 1.807) is 11.3 Å². The Balaban J connectivity index is 1.52. The minimum Gasteiger partial charge on any atom is -0.377 e. The second kappa shape index (κ2) is 8.69. The lowest BCUT2D eigenvalue weighted by Gasteiger charge is -2.23. The monoisotopic (exact) mass is 282 g/mol. The van der Waals surface area contributed by atoms with Gasteiger partial charge in [0, 0.05) is 26.2 Å². The molecule has 19 heavy (non-hydrogen) atoms. The second-order valence-corrected chi connectivity index (χ2v) is 5.94. The summed E-state index contributed by atoms with van der Waals surface area (Å²) in [5, 5.41) is 7.92. The van der Waals surface area contributed by atoms with Gasteiger partial charge in [-0.3, -0.25) is 4.90 Å². The van der Waals surface area contributed by atoms with E-state index < -0.39 is 0 Å². The van der Waals surface area contributed by atoms with Crippen LogP contribution in [-0.2, 0) is 11.2 Å². The van der Waals surface area contributed by atoms with Crippen LogP contribution in [0.3, 0.4) is 0 Å². The number of thiophene rings is 1. The normalized spacial score (nSPS) is 19.4. The van der Waals surface area contributed by atoms with Crippen molar-refractivity contribution >= 4 is 11.3 Å². The maximum atomic E-state index is 5.70. The molecule has 0 aliphatic carbocycles. The fraction of sp³-hybridized carbons (Fsp3) is 0.733. The summed E-state index contributed by atoms with van der Waals surface area (Å²) in [5.41, 5.74) is 1.45. The van der Waals surface area contributed by atoms with Crippen molar-refractivity contribution in [3.8, 4) is 0 Å². The van der Waals surface area contributed by atoms with Gasteiger partial charge in [0.1, 0.15) is 0 Å². The molecule has 1 aliphatic rings. The van der Waals surface area contributed by atoms with Crippen LogP contribution in [0.1, 0.15) is 25.3 Å². The Bertz CT molecular complexity index is 323. The Morgan fingerprint density at radius 2 is 2.42 bits per heavy atom. The van der Waals surface area contributed by atoms with E-state index in [-0.39, 0.29) is 0 Å². The largest absolute Gasteiger partial charge is 0.377 e. The van der Waals surface area contributed by atoms with Gasteiger partial charge >= 0.3 is 0 Å². The van der Waals surface area contributed by atoms with Crippen molar-refractivity contribution in [3.63, 3.8) is 0 Å². The molecule has 1 saturated heterocycles. The quantitative estimate of drug-likeness (QED) is 0.704. The average molecular weight is 282 g/mol. The third-order valence-electron chi connectivity index (χ3n) is 3.71. The zero-order valence-corrected chi connectivity index (χ0v) is 12.8. The summed E-state index contributed by atoms with van der Waals surface area (Å²) in [6, 6.07) is 2.21. The molecule has 1 atom stereocenters. The molecule has 4 heteroatoms. The third kappa shape index (κ3) is 5.61. The number of ether oxygens (including phenoxy) is 1. The van der Waals surface area contributed by atoms with Gasteiger partial charge in [0.15, 0.2) is 0 Å². The highest BCUT2D eigenvalue weighted by molar-refractivity contribution is 7.07. The molecule has 0 saturated carbocycles. The van der Waals surface area contributed by atoms with E-state index in [2.05, 4.69) is 34.0 Å². The van der Waals surface area contributed by atoms with Crippen LogP contribution in [0.15, 0.2) is 16.8 Å². The van der Waals surface area contributed by atoms with Crippen LogP contribution in [0.2, 0.25) is 0 Å². The van der Waals surface area contributed by atoms with Crippen molar-refractivity contribution in [2.45, 2.75) is 32.3 Å². The number of nitrogens with one attached hydrogen (secondary N) is 1. The Hall–Kier alpha value is -0.420. The molecule has 108 valence electrons. The van der Waals surface area contributed by atoms with Crippen LogP contribution in [0.25, 0.3) is 0 Å². The van der Waals surface area contributed by atoms with E-state index >= 15 is 0 Å². The number of hydrogen-bond acceptors (Lipinski definition) is 4. The summed E-state index contributed by atoms with van der Waals surface area (Å²) in [6.45, 7) is 8.69. The predicted octanol–water partition coefficient (Wildman–Crippen LogP) is 2.38. The maximum absolute atomic E-state index is 5.70. The third-order valence-corrected chi connectivity index (χ3v) is 4.44. The topological polar surface area (TPSA) is 24.5 Å². The van der Waals surface area contributed by atoms with E-state index in [9.17, 15) is 0 Å². The van der Waals surface area contributed by atoms with Gasteiger partial charge in [-0.15, -0.1) is 0 Å². The highest BCUT2D eigenvalue weighted by Crippen LogP contribution is 2.13. The molecule has 0 radical (unpaired) electrons. The van der Waals surface area contributed by atoms with Gasteiger partial charge in [0.05, 0.1) is 6.10 Å². The van der Waals surface area contributed by atoms with Gasteiger partial charge in [-0.2, -0.15) is 11.3 Å². The molecular formula is C15H26N2OS. The van der Waals surface area contributed by atoms with Crippen molar-refractivity contribution in [3.05, 3.63) is 22.4 Å². The first-order valence-corrected chi connectivity index (χ1v) is 8.38. The standard InChI is InChI=1S/C15H26N2OS/c1-2-17(12-15-4-3-10-18-15)9-8-16-7-5-14-6-11-19-13-14/h6,11,13,15-16H,2-5,7-10,12H2,1H3. The Morgan fingerprint density at radius 1 is 1.47 bits per heavy atom. The molecule has 0 aromatic carbocycles.